The van der Waals surface area contributed by atoms with Gasteiger partial charge in [-0.3, -0.25) is 0 Å². The number of rotatable bonds is 0. The zero-order chi connectivity index (χ0) is 7.78. The first-order valence-electron chi connectivity index (χ1n) is 3.30. The molecule has 0 amide bonds. The molecule has 1 atom stereocenters. The highest BCUT2D eigenvalue weighted by Crippen LogP contribution is 2.31. The van der Waals surface area contributed by atoms with Gasteiger partial charge in [-0.15, -0.1) is 0 Å². The molecule has 0 aromatic heterocycles. The van der Waals surface area contributed by atoms with Crippen molar-refractivity contribution in [2.75, 3.05) is 0 Å². The Morgan fingerprint density at radius 1 is 1.70 bits per heavy atom. The van der Waals surface area contributed by atoms with Gasteiger partial charge in [-0.2, -0.15) is 0 Å². The first-order valence-corrected chi connectivity index (χ1v) is 4.09. The van der Waals surface area contributed by atoms with Crippen molar-refractivity contribution in [1.82, 2.24) is 0 Å². The summed E-state index contributed by atoms with van der Waals surface area (Å²) in [5.41, 5.74) is 0.364. The normalized spacial score (nSPS) is 33.2. The minimum absolute atomic E-state index is 0.645. The van der Waals surface area contributed by atoms with Gasteiger partial charge in [0, 0.05) is 4.48 Å². The highest BCUT2D eigenvalue weighted by molar-refractivity contribution is 9.11. The molecule has 0 aromatic rings. The first kappa shape index (κ1) is 8.02. The molecule has 1 N–H and O–H groups in total. The Bertz CT molecular complexity index is 201. The van der Waals surface area contributed by atoms with Gasteiger partial charge in [0.05, 0.1) is 5.60 Å². The standard InChI is InChI=1S/C8H11BrO/c1-6-7(9)4-3-5-8(6,2)10/h3-4,10H,5H2,1-2H3. The van der Waals surface area contributed by atoms with Gasteiger partial charge in [-0.1, -0.05) is 28.1 Å². The van der Waals surface area contributed by atoms with Crippen LogP contribution in [0, 0.1) is 0 Å². The molecule has 0 heterocycles. The van der Waals surface area contributed by atoms with E-state index in [0.717, 1.165) is 10.1 Å². The average Bonchev–Trinajstić information content (AvgIpc) is 1.83. The second kappa shape index (κ2) is 2.51. The van der Waals surface area contributed by atoms with E-state index in [0.29, 0.717) is 6.42 Å². The van der Waals surface area contributed by atoms with Gasteiger partial charge in [0.2, 0.25) is 0 Å². The summed E-state index contributed by atoms with van der Waals surface area (Å²) in [5.74, 6) is 0. The summed E-state index contributed by atoms with van der Waals surface area (Å²) in [5, 5.41) is 9.67. The van der Waals surface area contributed by atoms with Crippen molar-refractivity contribution < 1.29 is 5.11 Å². The summed E-state index contributed by atoms with van der Waals surface area (Å²) < 4.78 is 1.00. The predicted molar refractivity (Wildman–Crippen MR) is 46.0 cm³/mol. The Hall–Kier alpha value is -0.0800. The highest BCUT2D eigenvalue weighted by Gasteiger charge is 2.24. The summed E-state index contributed by atoms with van der Waals surface area (Å²) >= 11 is 3.36. The quantitative estimate of drug-likeness (QED) is 0.640. The van der Waals surface area contributed by atoms with Crippen LogP contribution in [0.4, 0.5) is 0 Å². The molecule has 0 aliphatic heterocycles. The second-order valence-corrected chi connectivity index (χ2v) is 3.71. The van der Waals surface area contributed by atoms with E-state index >= 15 is 0 Å². The zero-order valence-corrected chi connectivity index (χ0v) is 7.77. The maximum Gasteiger partial charge on any atom is 0.0874 e. The van der Waals surface area contributed by atoms with E-state index in [2.05, 4.69) is 15.9 Å². The van der Waals surface area contributed by atoms with Gasteiger partial charge in [-0.05, 0) is 25.8 Å². The van der Waals surface area contributed by atoms with Gasteiger partial charge < -0.3 is 5.11 Å². The molecular weight excluding hydrogens is 192 g/mol. The molecule has 0 bridgehead atoms. The zero-order valence-electron chi connectivity index (χ0n) is 6.19. The van der Waals surface area contributed by atoms with Gasteiger partial charge in [-0.25, -0.2) is 0 Å². The van der Waals surface area contributed by atoms with Crippen molar-refractivity contribution >= 4 is 15.9 Å². The van der Waals surface area contributed by atoms with Crippen molar-refractivity contribution in [2.45, 2.75) is 25.9 Å². The molecule has 1 rings (SSSR count). The van der Waals surface area contributed by atoms with Crippen LogP contribution in [0.25, 0.3) is 0 Å². The Labute approximate surface area is 69.6 Å². The third-order valence-corrected chi connectivity index (χ3v) is 2.80. The van der Waals surface area contributed by atoms with Crippen LogP contribution >= 0.6 is 15.9 Å². The van der Waals surface area contributed by atoms with Crippen LogP contribution in [-0.4, -0.2) is 10.7 Å². The maximum atomic E-state index is 9.67. The van der Waals surface area contributed by atoms with E-state index in [-0.39, 0.29) is 0 Å². The lowest BCUT2D eigenvalue weighted by Gasteiger charge is -2.26. The molecule has 0 spiro atoms. The second-order valence-electron chi connectivity index (χ2n) is 2.85. The topological polar surface area (TPSA) is 20.2 Å². The van der Waals surface area contributed by atoms with Crippen LogP contribution in [0.1, 0.15) is 20.3 Å². The Morgan fingerprint density at radius 2 is 2.30 bits per heavy atom. The van der Waals surface area contributed by atoms with Crippen LogP contribution in [0.2, 0.25) is 0 Å². The number of allylic oxidation sites excluding steroid dienone is 2. The smallest absolute Gasteiger partial charge is 0.0874 e. The van der Waals surface area contributed by atoms with E-state index < -0.39 is 5.60 Å². The number of aliphatic hydroxyl groups is 1. The van der Waals surface area contributed by atoms with Crippen molar-refractivity contribution in [2.24, 2.45) is 0 Å². The van der Waals surface area contributed by atoms with Gasteiger partial charge in [0.1, 0.15) is 0 Å². The van der Waals surface area contributed by atoms with Crippen molar-refractivity contribution in [3.63, 3.8) is 0 Å². The Morgan fingerprint density at radius 3 is 2.70 bits per heavy atom. The molecular formula is C8H11BrO. The Balaban J connectivity index is 2.99. The fourth-order valence-corrected chi connectivity index (χ4v) is 1.54. The summed E-state index contributed by atoms with van der Waals surface area (Å²) in [6.45, 7) is 3.76. The molecule has 56 valence electrons. The summed E-state index contributed by atoms with van der Waals surface area (Å²) in [6.07, 6.45) is 4.66. The molecule has 0 radical (unpaired) electrons. The van der Waals surface area contributed by atoms with Crippen molar-refractivity contribution in [3.05, 3.63) is 22.2 Å². The molecule has 0 saturated heterocycles. The third-order valence-electron chi connectivity index (χ3n) is 1.95. The lowest BCUT2D eigenvalue weighted by atomic mass is 9.90. The summed E-state index contributed by atoms with van der Waals surface area (Å²) in [7, 11) is 0. The third kappa shape index (κ3) is 1.32. The maximum absolute atomic E-state index is 9.67. The monoisotopic (exact) mass is 202 g/mol. The SMILES string of the molecule is CC1=C(Br)C=CCC1(C)O. The lowest BCUT2D eigenvalue weighted by molar-refractivity contribution is 0.100. The van der Waals surface area contributed by atoms with Gasteiger partial charge in [0.15, 0.2) is 0 Å². The molecule has 1 aliphatic rings. The average molecular weight is 203 g/mol. The summed E-state index contributed by atoms with van der Waals surface area (Å²) in [4.78, 5) is 0. The number of halogens is 1. The van der Waals surface area contributed by atoms with Gasteiger partial charge in [0.25, 0.3) is 0 Å². The Kier molecular flexibility index (Phi) is 2.02. The molecule has 1 unspecified atom stereocenters. The number of hydrogen-bond acceptors (Lipinski definition) is 1. The molecule has 0 fully saturated rings. The van der Waals surface area contributed by atoms with Crippen molar-refractivity contribution in [3.8, 4) is 0 Å². The van der Waals surface area contributed by atoms with Crippen LogP contribution in [0.5, 0.6) is 0 Å². The molecule has 0 aromatic carbocycles. The fourth-order valence-electron chi connectivity index (χ4n) is 0.927. The molecule has 2 heteroatoms. The highest BCUT2D eigenvalue weighted by atomic mass is 79.9. The van der Waals surface area contributed by atoms with Crippen LogP contribution in [0.15, 0.2) is 22.2 Å². The van der Waals surface area contributed by atoms with Crippen LogP contribution < -0.4 is 0 Å². The first-order chi connectivity index (χ1) is 4.54. The number of hydrogen-bond donors (Lipinski definition) is 1. The van der Waals surface area contributed by atoms with Gasteiger partial charge >= 0.3 is 0 Å². The molecule has 1 nitrogen and oxygen atoms in total. The molecule has 1 aliphatic carbocycles. The largest absolute Gasteiger partial charge is 0.385 e. The molecule has 0 saturated carbocycles. The van der Waals surface area contributed by atoms with E-state index in [1.54, 1.807) is 0 Å². The minimum atomic E-state index is -0.645. The van der Waals surface area contributed by atoms with E-state index in [1.165, 1.54) is 0 Å². The van der Waals surface area contributed by atoms with Crippen LogP contribution in [0.3, 0.4) is 0 Å². The minimum Gasteiger partial charge on any atom is -0.385 e. The van der Waals surface area contributed by atoms with Crippen molar-refractivity contribution in [1.29, 1.82) is 0 Å². The van der Waals surface area contributed by atoms with E-state index in [4.69, 9.17) is 0 Å². The summed E-state index contributed by atoms with van der Waals surface area (Å²) in [6, 6.07) is 0. The fraction of sp³-hybridized carbons (Fsp3) is 0.500. The van der Waals surface area contributed by atoms with Crippen LogP contribution in [-0.2, 0) is 0 Å². The molecule has 10 heavy (non-hydrogen) atoms. The lowest BCUT2D eigenvalue weighted by Crippen LogP contribution is -2.26. The predicted octanol–water partition coefficient (Wildman–Crippen LogP) is 2.37. The van der Waals surface area contributed by atoms with E-state index in [9.17, 15) is 5.11 Å². The van der Waals surface area contributed by atoms with E-state index in [1.807, 2.05) is 26.0 Å².